The Morgan fingerprint density at radius 2 is 2.04 bits per heavy atom. The van der Waals surface area contributed by atoms with E-state index in [0.717, 1.165) is 5.69 Å². The van der Waals surface area contributed by atoms with Gasteiger partial charge in [-0.2, -0.15) is 0 Å². The molecule has 0 atom stereocenters. The van der Waals surface area contributed by atoms with Crippen molar-refractivity contribution in [3.63, 3.8) is 0 Å². The topological polar surface area (TPSA) is 59.8 Å². The average molecular weight is 365 g/mol. The number of anilines is 2. The highest BCUT2D eigenvalue weighted by atomic mass is 35.5. The number of nitrogens with one attached hydrogen (secondary N) is 1. The zero-order valence-corrected chi connectivity index (χ0v) is 14.6. The molecule has 1 aromatic carbocycles. The van der Waals surface area contributed by atoms with Crippen molar-refractivity contribution in [1.29, 1.82) is 0 Å². The number of halogens is 1. The van der Waals surface area contributed by atoms with E-state index in [4.69, 9.17) is 11.6 Å². The first-order chi connectivity index (χ1) is 11.1. The van der Waals surface area contributed by atoms with E-state index in [2.05, 4.69) is 15.5 Å². The summed E-state index contributed by atoms with van der Waals surface area (Å²) >= 11 is 8.91. The summed E-state index contributed by atoms with van der Waals surface area (Å²) < 4.78 is 1.46. The van der Waals surface area contributed by atoms with Gasteiger partial charge < -0.3 is 5.32 Å². The van der Waals surface area contributed by atoms with Gasteiger partial charge in [-0.3, -0.25) is 9.36 Å². The molecular weight excluding hydrogens is 352 g/mol. The molecular formula is C15H13ClN4OS2. The molecule has 0 radical (unpaired) electrons. The maximum Gasteiger partial charge on any atom is 0.287 e. The predicted octanol–water partition coefficient (Wildman–Crippen LogP) is 3.93. The third-order valence-corrected chi connectivity index (χ3v) is 5.37. The van der Waals surface area contributed by atoms with E-state index in [1.165, 1.54) is 21.2 Å². The lowest BCUT2D eigenvalue weighted by molar-refractivity contribution is 0.734. The predicted molar refractivity (Wildman–Crippen MR) is 95.9 cm³/mol. The molecule has 0 saturated carbocycles. The van der Waals surface area contributed by atoms with Gasteiger partial charge in [0.1, 0.15) is 0 Å². The molecule has 2 aromatic heterocycles. The summed E-state index contributed by atoms with van der Waals surface area (Å²) in [6.07, 6.45) is 0. The molecule has 0 fully saturated rings. The number of hydrogen-bond acceptors (Lipinski definition) is 6. The number of thioether (sulfide) groups is 1. The highest BCUT2D eigenvalue weighted by molar-refractivity contribution is 7.98. The molecule has 2 heterocycles. The Hall–Kier alpha value is -1.83. The van der Waals surface area contributed by atoms with Crippen molar-refractivity contribution in [3.05, 3.63) is 62.0 Å². The van der Waals surface area contributed by atoms with Gasteiger partial charge in [-0.05, 0) is 35.7 Å². The Kier molecular flexibility index (Phi) is 5.00. The van der Waals surface area contributed by atoms with Gasteiger partial charge in [-0.1, -0.05) is 29.4 Å². The van der Waals surface area contributed by atoms with Gasteiger partial charge in [0.25, 0.3) is 5.56 Å². The summed E-state index contributed by atoms with van der Waals surface area (Å²) in [5, 5.41) is 14.3. The van der Waals surface area contributed by atoms with Crippen LogP contribution in [0.1, 0.15) is 4.88 Å². The second kappa shape index (κ2) is 7.16. The van der Waals surface area contributed by atoms with Crippen molar-refractivity contribution in [3.8, 4) is 0 Å². The summed E-state index contributed by atoms with van der Waals surface area (Å²) in [5.74, 6) is 1.10. The first kappa shape index (κ1) is 16.0. The van der Waals surface area contributed by atoms with Crippen LogP contribution in [-0.4, -0.2) is 14.8 Å². The molecule has 3 rings (SSSR count). The Morgan fingerprint density at radius 1 is 1.26 bits per heavy atom. The zero-order valence-electron chi connectivity index (χ0n) is 12.2. The molecule has 0 saturated heterocycles. The van der Waals surface area contributed by atoms with Crippen molar-refractivity contribution in [2.75, 3.05) is 5.32 Å². The van der Waals surface area contributed by atoms with E-state index < -0.39 is 0 Å². The Balaban J connectivity index is 1.77. The molecule has 8 heteroatoms. The fraction of sp³-hybridized carbons (Fsp3) is 0.133. The quantitative estimate of drug-likeness (QED) is 0.695. The van der Waals surface area contributed by atoms with Gasteiger partial charge in [0.05, 0.1) is 0 Å². The molecule has 118 valence electrons. The highest BCUT2D eigenvalue weighted by Crippen LogP contribution is 2.22. The molecule has 23 heavy (non-hydrogen) atoms. The smallest absolute Gasteiger partial charge is 0.287 e. The van der Waals surface area contributed by atoms with Crippen LogP contribution in [0.2, 0.25) is 5.02 Å². The number of thiophene rings is 1. The maximum absolute atomic E-state index is 12.4. The molecule has 0 aliphatic rings. The van der Waals surface area contributed by atoms with Crippen molar-refractivity contribution >= 4 is 46.3 Å². The van der Waals surface area contributed by atoms with Crippen LogP contribution in [0.4, 0.5) is 11.6 Å². The molecule has 1 N–H and O–H groups in total. The van der Waals surface area contributed by atoms with Gasteiger partial charge in [-0.15, -0.1) is 21.5 Å². The SMILES string of the molecule is Cn1c(Nc2ccc(Cl)cc2)nnc(SCc2cccs2)c1=O. The molecule has 0 aliphatic carbocycles. The minimum absolute atomic E-state index is 0.169. The fourth-order valence-electron chi connectivity index (χ4n) is 1.84. The normalized spacial score (nSPS) is 10.7. The molecule has 0 amide bonds. The van der Waals surface area contributed by atoms with Gasteiger partial charge in [-0.25, -0.2) is 0 Å². The summed E-state index contributed by atoms with van der Waals surface area (Å²) in [6.45, 7) is 0. The monoisotopic (exact) mass is 364 g/mol. The lowest BCUT2D eigenvalue weighted by Crippen LogP contribution is -2.24. The van der Waals surface area contributed by atoms with E-state index >= 15 is 0 Å². The highest BCUT2D eigenvalue weighted by Gasteiger charge is 2.10. The lowest BCUT2D eigenvalue weighted by atomic mass is 10.3. The van der Waals surface area contributed by atoms with E-state index in [0.29, 0.717) is 21.7 Å². The zero-order chi connectivity index (χ0) is 16.2. The van der Waals surface area contributed by atoms with Crippen molar-refractivity contribution in [2.45, 2.75) is 10.8 Å². The van der Waals surface area contributed by atoms with E-state index in [1.54, 1.807) is 30.5 Å². The molecule has 5 nitrogen and oxygen atoms in total. The molecule has 0 unspecified atom stereocenters. The number of nitrogens with zero attached hydrogens (tertiary/aromatic N) is 3. The fourth-order valence-corrected chi connectivity index (χ4v) is 3.64. The second-order valence-corrected chi connectivity index (χ2v) is 7.13. The van der Waals surface area contributed by atoms with Gasteiger partial charge >= 0.3 is 0 Å². The van der Waals surface area contributed by atoms with Crippen LogP contribution in [0.5, 0.6) is 0 Å². The molecule has 3 aromatic rings. The number of rotatable bonds is 5. The van der Waals surface area contributed by atoms with Crippen LogP contribution >= 0.6 is 34.7 Å². The van der Waals surface area contributed by atoms with Crippen molar-refractivity contribution < 1.29 is 0 Å². The van der Waals surface area contributed by atoms with Crippen LogP contribution in [-0.2, 0) is 12.8 Å². The van der Waals surface area contributed by atoms with E-state index in [9.17, 15) is 4.79 Å². The van der Waals surface area contributed by atoms with Crippen LogP contribution in [0.25, 0.3) is 0 Å². The summed E-state index contributed by atoms with van der Waals surface area (Å²) in [4.78, 5) is 13.6. The molecule has 0 aliphatic heterocycles. The Labute approximate surface area is 146 Å². The standard InChI is InChI=1S/C15H13ClN4OS2/c1-20-14(21)13(23-9-12-3-2-8-22-12)18-19-15(20)17-11-6-4-10(16)5-7-11/h2-8H,9H2,1H3,(H,17,19). The lowest BCUT2D eigenvalue weighted by Gasteiger charge is -2.10. The van der Waals surface area contributed by atoms with Crippen LogP contribution in [0.3, 0.4) is 0 Å². The minimum Gasteiger partial charge on any atom is -0.324 e. The number of hydrogen-bond donors (Lipinski definition) is 1. The summed E-state index contributed by atoms with van der Waals surface area (Å²) in [6, 6.07) is 11.2. The van der Waals surface area contributed by atoms with Gasteiger partial charge in [0.2, 0.25) is 5.95 Å². The maximum atomic E-state index is 12.4. The van der Waals surface area contributed by atoms with Crippen molar-refractivity contribution in [1.82, 2.24) is 14.8 Å². The summed E-state index contributed by atoms with van der Waals surface area (Å²) in [7, 11) is 1.67. The number of benzene rings is 1. The second-order valence-electron chi connectivity index (χ2n) is 4.69. The molecule has 0 bridgehead atoms. The largest absolute Gasteiger partial charge is 0.324 e. The van der Waals surface area contributed by atoms with E-state index in [1.807, 2.05) is 29.6 Å². The number of aromatic nitrogens is 3. The van der Waals surface area contributed by atoms with Crippen LogP contribution in [0, 0.1) is 0 Å². The van der Waals surface area contributed by atoms with Crippen LogP contribution in [0.15, 0.2) is 51.6 Å². The Bertz CT molecular complexity index is 847. The van der Waals surface area contributed by atoms with Crippen LogP contribution < -0.4 is 10.9 Å². The third kappa shape index (κ3) is 3.93. The van der Waals surface area contributed by atoms with E-state index in [-0.39, 0.29) is 5.56 Å². The Morgan fingerprint density at radius 3 is 2.74 bits per heavy atom. The first-order valence-electron chi connectivity index (χ1n) is 6.75. The van der Waals surface area contributed by atoms with Gasteiger partial charge in [0, 0.05) is 28.4 Å². The summed E-state index contributed by atoms with van der Waals surface area (Å²) in [5.41, 5.74) is 0.621. The average Bonchev–Trinajstić information content (AvgIpc) is 3.07. The third-order valence-electron chi connectivity index (χ3n) is 3.07. The molecule has 0 spiro atoms. The first-order valence-corrected chi connectivity index (χ1v) is 8.99. The van der Waals surface area contributed by atoms with Crippen molar-refractivity contribution in [2.24, 2.45) is 7.05 Å². The minimum atomic E-state index is -0.169. The van der Waals surface area contributed by atoms with Gasteiger partial charge in [0.15, 0.2) is 5.03 Å².